The summed E-state index contributed by atoms with van der Waals surface area (Å²) in [6.07, 6.45) is -2.33. The van der Waals surface area contributed by atoms with Crippen molar-refractivity contribution in [1.29, 1.82) is 5.26 Å². The SMILES string of the molecule is CCN(C(=O)O)C(CC)(NC(=O)O)c1ccc(C#N)cc1. The number of nitrogens with one attached hydrogen (secondary N) is 1. The highest BCUT2D eigenvalue weighted by molar-refractivity contribution is 5.70. The van der Waals surface area contributed by atoms with Crippen LogP contribution in [0.15, 0.2) is 24.3 Å². The minimum Gasteiger partial charge on any atom is -0.465 e. The normalized spacial score (nSPS) is 12.8. The van der Waals surface area contributed by atoms with Gasteiger partial charge in [0.2, 0.25) is 0 Å². The van der Waals surface area contributed by atoms with Crippen LogP contribution in [0.4, 0.5) is 9.59 Å². The van der Waals surface area contributed by atoms with Crippen molar-refractivity contribution in [1.82, 2.24) is 10.2 Å². The van der Waals surface area contributed by atoms with E-state index in [1.54, 1.807) is 26.0 Å². The minimum absolute atomic E-state index is 0.115. The first-order chi connectivity index (χ1) is 9.91. The van der Waals surface area contributed by atoms with Gasteiger partial charge in [-0.1, -0.05) is 19.1 Å². The number of hydrogen-bond acceptors (Lipinski definition) is 3. The molecule has 7 heteroatoms. The van der Waals surface area contributed by atoms with Crippen molar-refractivity contribution in [3.8, 4) is 6.07 Å². The Bertz CT molecular complexity index is 565. The average molecular weight is 291 g/mol. The highest BCUT2D eigenvalue weighted by atomic mass is 16.4. The lowest BCUT2D eigenvalue weighted by Crippen LogP contribution is -2.59. The fourth-order valence-corrected chi connectivity index (χ4v) is 2.34. The summed E-state index contributed by atoms with van der Waals surface area (Å²) in [5.74, 6) is 0. The van der Waals surface area contributed by atoms with Gasteiger partial charge in [-0.3, -0.25) is 10.2 Å². The third-order valence-corrected chi connectivity index (χ3v) is 3.32. The van der Waals surface area contributed by atoms with Gasteiger partial charge < -0.3 is 10.2 Å². The molecule has 0 fully saturated rings. The highest BCUT2D eigenvalue weighted by Gasteiger charge is 2.40. The molecule has 21 heavy (non-hydrogen) atoms. The van der Waals surface area contributed by atoms with Gasteiger partial charge in [-0.15, -0.1) is 0 Å². The van der Waals surface area contributed by atoms with Crippen molar-refractivity contribution in [2.24, 2.45) is 0 Å². The van der Waals surface area contributed by atoms with E-state index in [1.807, 2.05) is 6.07 Å². The number of carbonyl (C=O) groups is 2. The van der Waals surface area contributed by atoms with Crippen LogP contribution in [-0.4, -0.2) is 33.8 Å². The number of hydrogen-bond donors (Lipinski definition) is 3. The van der Waals surface area contributed by atoms with E-state index in [1.165, 1.54) is 12.1 Å². The van der Waals surface area contributed by atoms with Crippen molar-refractivity contribution in [3.63, 3.8) is 0 Å². The van der Waals surface area contributed by atoms with Crippen LogP contribution in [0.1, 0.15) is 31.4 Å². The maximum atomic E-state index is 11.5. The van der Waals surface area contributed by atoms with E-state index in [2.05, 4.69) is 5.32 Å². The number of carboxylic acid groups (broad SMARTS) is 2. The average Bonchev–Trinajstić information content (AvgIpc) is 2.46. The van der Waals surface area contributed by atoms with Crippen molar-refractivity contribution >= 4 is 12.2 Å². The monoisotopic (exact) mass is 291 g/mol. The van der Waals surface area contributed by atoms with Crippen LogP contribution in [0.25, 0.3) is 0 Å². The molecule has 0 aromatic heterocycles. The van der Waals surface area contributed by atoms with Crippen LogP contribution < -0.4 is 5.32 Å². The van der Waals surface area contributed by atoms with E-state index in [9.17, 15) is 14.7 Å². The molecular weight excluding hydrogens is 274 g/mol. The number of rotatable bonds is 5. The number of nitrogens with zero attached hydrogens (tertiary/aromatic N) is 2. The minimum atomic E-state index is -1.39. The third kappa shape index (κ3) is 3.23. The van der Waals surface area contributed by atoms with Crippen LogP contribution >= 0.6 is 0 Å². The molecule has 2 amide bonds. The first kappa shape index (κ1) is 16.3. The molecule has 0 radical (unpaired) electrons. The molecule has 3 N–H and O–H groups in total. The van der Waals surface area contributed by atoms with Crippen molar-refractivity contribution in [3.05, 3.63) is 35.4 Å². The van der Waals surface area contributed by atoms with Gasteiger partial charge in [-0.05, 0) is 31.0 Å². The van der Waals surface area contributed by atoms with E-state index in [4.69, 9.17) is 10.4 Å². The number of amides is 2. The Morgan fingerprint density at radius 1 is 1.29 bits per heavy atom. The standard InChI is InChI=1S/C14H17N3O4/c1-3-14(16-12(18)19,17(4-2)13(20)21)11-7-5-10(9-15)6-8-11/h5-8,16H,3-4H2,1-2H3,(H,18,19)(H,20,21). The third-order valence-electron chi connectivity index (χ3n) is 3.32. The molecule has 112 valence electrons. The molecular formula is C14H17N3O4. The van der Waals surface area contributed by atoms with Gasteiger partial charge in [-0.2, -0.15) is 5.26 Å². The summed E-state index contributed by atoms with van der Waals surface area (Å²) in [6, 6.07) is 8.14. The zero-order chi connectivity index (χ0) is 16.0. The second kappa shape index (κ2) is 6.61. The summed E-state index contributed by atoms with van der Waals surface area (Å²) >= 11 is 0. The summed E-state index contributed by atoms with van der Waals surface area (Å²) in [7, 11) is 0. The zero-order valence-electron chi connectivity index (χ0n) is 11.8. The molecule has 0 aliphatic heterocycles. The van der Waals surface area contributed by atoms with Crippen LogP contribution in [0, 0.1) is 11.3 Å². The van der Waals surface area contributed by atoms with Crippen LogP contribution in [0.5, 0.6) is 0 Å². The van der Waals surface area contributed by atoms with E-state index in [-0.39, 0.29) is 13.0 Å². The van der Waals surface area contributed by atoms with Gasteiger partial charge in [0, 0.05) is 6.54 Å². The summed E-state index contributed by atoms with van der Waals surface area (Å²) in [5.41, 5.74) is -0.506. The Morgan fingerprint density at radius 2 is 1.86 bits per heavy atom. The Morgan fingerprint density at radius 3 is 2.19 bits per heavy atom. The van der Waals surface area contributed by atoms with Gasteiger partial charge in [-0.25, -0.2) is 9.59 Å². The van der Waals surface area contributed by atoms with Crippen molar-refractivity contribution in [2.45, 2.75) is 25.9 Å². The fourth-order valence-electron chi connectivity index (χ4n) is 2.34. The molecule has 0 aliphatic rings. The molecule has 0 heterocycles. The molecule has 0 saturated carbocycles. The van der Waals surface area contributed by atoms with Gasteiger partial charge in [0.1, 0.15) is 5.66 Å². The van der Waals surface area contributed by atoms with E-state index in [0.717, 1.165) is 4.90 Å². The molecule has 7 nitrogen and oxygen atoms in total. The van der Waals surface area contributed by atoms with Crippen molar-refractivity contribution in [2.75, 3.05) is 6.54 Å². The van der Waals surface area contributed by atoms with E-state index in [0.29, 0.717) is 11.1 Å². The van der Waals surface area contributed by atoms with Gasteiger partial charge in [0.15, 0.2) is 0 Å². The summed E-state index contributed by atoms with van der Waals surface area (Å²) in [4.78, 5) is 23.6. The topological polar surface area (TPSA) is 114 Å². The summed E-state index contributed by atoms with van der Waals surface area (Å²) < 4.78 is 0. The van der Waals surface area contributed by atoms with Crippen LogP contribution in [-0.2, 0) is 5.66 Å². The van der Waals surface area contributed by atoms with Gasteiger partial charge in [0.05, 0.1) is 11.6 Å². The Balaban J connectivity index is 3.43. The first-order valence-electron chi connectivity index (χ1n) is 6.43. The molecule has 1 unspecified atom stereocenters. The Kier molecular flexibility index (Phi) is 5.13. The summed E-state index contributed by atoms with van der Waals surface area (Å²) in [6.45, 7) is 3.44. The lowest BCUT2D eigenvalue weighted by atomic mass is 9.93. The highest BCUT2D eigenvalue weighted by Crippen LogP contribution is 2.30. The quantitative estimate of drug-likeness (QED) is 0.721. The van der Waals surface area contributed by atoms with E-state index >= 15 is 0 Å². The fraction of sp³-hybridized carbons (Fsp3) is 0.357. The molecule has 0 spiro atoms. The largest absolute Gasteiger partial charge is 0.465 e. The van der Waals surface area contributed by atoms with Gasteiger partial charge >= 0.3 is 12.2 Å². The number of nitriles is 1. The van der Waals surface area contributed by atoms with E-state index < -0.39 is 17.8 Å². The molecule has 0 saturated heterocycles. The second-order valence-corrected chi connectivity index (χ2v) is 4.36. The molecule has 0 aliphatic carbocycles. The zero-order valence-corrected chi connectivity index (χ0v) is 11.8. The first-order valence-corrected chi connectivity index (χ1v) is 6.43. The second-order valence-electron chi connectivity index (χ2n) is 4.36. The van der Waals surface area contributed by atoms with Crippen molar-refractivity contribution < 1.29 is 19.8 Å². The summed E-state index contributed by atoms with van der Waals surface area (Å²) in [5, 5.41) is 29.6. The van der Waals surface area contributed by atoms with Crippen LogP contribution in [0.3, 0.4) is 0 Å². The molecule has 0 bridgehead atoms. The maximum absolute atomic E-state index is 11.5. The number of benzene rings is 1. The molecule has 1 atom stereocenters. The molecule has 1 aromatic rings. The predicted molar refractivity (Wildman–Crippen MR) is 74.7 cm³/mol. The van der Waals surface area contributed by atoms with Crippen LogP contribution in [0.2, 0.25) is 0 Å². The predicted octanol–water partition coefficient (Wildman–Crippen LogP) is 2.39. The lowest BCUT2D eigenvalue weighted by molar-refractivity contribution is 0.0506. The molecule has 1 aromatic carbocycles. The smallest absolute Gasteiger partial charge is 0.409 e. The maximum Gasteiger partial charge on any atom is 0.409 e. The Labute approximate surface area is 122 Å². The van der Waals surface area contributed by atoms with Gasteiger partial charge in [0.25, 0.3) is 0 Å². The Hall–Kier alpha value is -2.75. The lowest BCUT2D eigenvalue weighted by Gasteiger charge is -2.41. The molecule has 1 rings (SSSR count).